The van der Waals surface area contributed by atoms with Crippen molar-refractivity contribution in [2.45, 2.75) is 58.5 Å². The molecule has 0 spiro atoms. The Labute approximate surface area is 94.0 Å². The van der Waals surface area contributed by atoms with Gasteiger partial charge in [-0.3, -0.25) is 0 Å². The Bertz CT molecular complexity index is 219. The van der Waals surface area contributed by atoms with E-state index in [-0.39, 0.29) is 0 Å². The van der Waals surface area contributed by atoms with Crippen LogP contribution in [0.25, 0.3) is 0 Å². The van der Waals surface area contributed by atoms with E-state index in [1.54, 1.807) is 0 Å². The normalized spacial score (nSPS) is 40.8. The highest BCUT2D eigenvalue weighted by atomic mass is 15.0. The lowest BCUT2D eigenvalue weighted by atomic mass is 9.84. The van der Waals surface area contributed by atoms with Gasteiger partial charge in [0.05, 0.1) is 0 Å². The van der Waals surface area contributed by atoms with Crippen molar-refractivity contribution in [3.63, 3.8) is 0 Å². The molecule has 1 saturated heterocycles. The van der Waals surface area contributed by atoms with E-state index in [2.05, 4.69) is 26.1 Å². The molecular weight excluding hydrogens is 184 g/mol. The summed E-state index contributed by atoms with van der Waals surface area (Å²) in [4.78, 5) is 0. The van der Waals surface area contributed by atoms with Crippen molar-refractivity contribution in [1.29, 1.82) is 0 Å². The molecule has 4 atom stereocenters. The second kappa shape index (κ2) is 4.06. The highest BCUT2D eigenvalue weighted by Crippen LogP contribution is 2.39. The van der Waals surface area contributed by atoms with Gasteiger partial charge in [-0.25, -0.2) is 0 Å². The number of hydrogen-bond acceptors (Lipinski definition) is 2. The maximum atomic E-state index is 6.04. The smallest absolute Gasteiger partial charge is 0.00993 e. The molecule has 0 aromatic rings. The summed E-state index contributed by atoms with van der Waals surface area (Å²) in [7, 11) is 0. The van der Waals surface area contributed by atoms with E-state index >= 15 is 0 Å². The van der Waals surface area contributed by atoms with E-state index in [0.29, 0.717) is 11.5 Å². The van der Waals surface area contributed by atoms with Gasteiger partial charge in [0.15, 0.2) is 0 Å². The molecule has 0 bridgehead atoms. The van der Waals surface area contributed by atoms with Gasteiger partial charge in [0.2, 0.25) is 0 Å². The van der Waals surface area contributed by atoms with Crippen LogP contribution in [-0.2, 0) is 0 Å². The highest BCUT2D eigenvalue weighted by molar-refractivity contribution is 4.98. The molecule has 1 saturated carbocycles. The molecule has 0 radical (unpaired) electrons. The molecule has 3 N–H and O–H groups in total. The molecule has 4 unspecified atom stereocenters. The van der Waals surface area contributed by atoms with Gasteiger partial charge in [-0.2, -0.15) is 0 Å². The van der Waals surface area contributed by atoms with Crippen LogP contribution in [0.1, 0.15) is 46.5 Å². The van der Waals surface area contributed by atoms with E-state index in [9.17, 15) is 0 Å². The Kier molecular flexibility index (Phi) is 3.09. The lowest BCUT2D eigenvalue weighted by Gasteiger charge is -2.24. The molecule has 88 valence electrons. The molecule has 1 heterocycles. The monoisotopic (exact) mass is 210 g/mol. The summed E-state index contributed by atoms with van der Waals surface area (Å²) in [5, 5.41) is 3.70. The predicted octanol–water partition coefficient (Wildman–Crippen LogP) is 2.14. The molecule has 2 rings (SSSR count). The quantitative estimate of drug-likeness (QED) is 0.733. The van der Waals surface area contributed by atoms with Gasteiger partial charge in [0.1, 0.15) is 0 Å². The summed E-state index contributed by atoms with van der Waals surface area (Å²) >= 11 is 0. The molecule has 1 aliphatic heterocycles. The molecule has 2 heteroatoms. The van der Waals surface area contributed by atoms with Crippen molar-refractivity contribution in [3.8, 4) is 0 Å². The largest absolute Gasteiger partial charge is 0.328 e. The van der Waals surface area contributed by atoms with Crippen LogP contribution in [0.3, 0.4) is 0 Å². The van der Waals surface area contributed by atoms with E-state index in [0.717, 1.165) is 17.9 Å². The van der Waals surface area contributed by atoms with Gasteiger partial charge in [-0.05, 0) is 49.5 Å². The number of fused-ring (bicyclic) bond motifs is 1. The van der Waals surface area contributed by atoms with Crippen molar-refractivity contribution < 1.29 is 0 Å². The second-order valence-electron chi connectivity index (χ2n) is 6.77. The molecule has 1 aliphatic carbocycles. The first-order valence-corrected chi connectivity index (χ1v) is 6.45. The first-order valence-electron chi connectivity index (χ1n) is 6.45. The predicted molar refractivity (Wildman–Crippen MR) is 64.7 cm³/mol. The van der Waals surface area contributed by atoms with Crippen LogP contribution >= 0.6 is 0 Å². The first kappa shape index (κ1) is 11.4. The molecule has 2 nitrogen and oxygen atoms in total. The van der Waals surface area contributed by atoms with Crippen LogP contribution < -0.4 is 11.1 Å². The maximum absolute atomic E-state index is 6.04. The van der Waals surface area contributed by atoms with Gasteiger partial charge in [0.25, 0.3) is 0 Å². The molecule has 0 aromatic carbocycles. The van der Waals surface area contributed by atoms with E-state index in [1.807, 2.05) is 0 Å². The van der Waals surface area contributed by atoms with Crippen LogP contribution in [0.4, 0.5) is 0 Å². The third-order valence-corrected chi connectivity index (χ3v) is 4.15. The minimum Gasteiger partial charge on any atom is -0.328 e. The highest BCUT2D eigenvalue weighted by Gasteiger charge is 2.41. The summed E-state index contributed by atoms with van der Waals surface area (Å²) < 4.78 is 0. The summed E-state index contributed by atoms with van der Waals surface area (Å²) in [6.07, 6.45) is 5.16. The SMILES string of the molecule is CC(C)(C)CCC1NCC2CC(N)CC21. The zero-order valence-electron chi connectivity index (χ0n) is 10.4. The number of rotatable bonds is 2. The minimum absolute atomic E-state index is 0.473. The Morgan fingerprint density at radius 1 is 1.27 bits per heavy atom. The second-order valence-corrected chi connectivity index (χ2v) is 6.77. The van der Waals surface area contributed by atoms with Gasteiger partial charge in [-0.1, -0.05) is 20.8 Å². The van der Waals surface area contributed by atoms with Crippen molar-refractivity contribution in [3.05, 3.63) is 0 Å². The number of nitrogens with one attached hydrogen (secondary N) is 1. The first-order chi connectivity index (χ1) is 6.96. The molecule has 15 heavy (non-hydrogen) atoms. The average Bonchev–Trinajstić information content (AvgIpc) is 2.58. The Morgan fingerprint density at radius 2 is 2.00 bits per heavy atom. The zero-order chi connectivity index (χ0) is 11.1. The van der Waals surface area contributed by atoms with E-state index in [1.165, 1.54) is 32.2 Å². The Balaban J connectivity index is 1.84. The van der Waals surface area contributed by atoms with Gasteiger partial charge in [0, 0.05) is 12.1 Å². The maximum Gasteiger partial charge on any atom is 0.00993 e. The van der Waals surface area contributed by atoms with Crippen LogP contribution in [0.5, 0.6) is 0 Å². The van der Waals surface area contributed by atoms with Crippen molar-refractivity contribution in [1.82, 2.24) is 5.32 Å². The van der Waals surface area contributed by atoms with Crippen molar-refractivity contribution >= 4 is 0 Å². The number of hydrogen-bond donors (Lipinski definition) is 2. The van der Waals surface area contributed by atoms with Crippen LogP contribution in [0.15, 0.2) is 0 Å². The van der Waals surface area contributed by atoms with Gasteiger partial charge < -0.3 is 11.1 Å². The Hall–Kier alpha value is -0.0800. The Morgan fingerprint density at radius 3 is 2.67 bits per heavy atom. The third kappa shape index (κ3) is 2.73. The fourth-order valence-electron chi connectivity index (χ4n) is 3.29. The lowest BCUT2D eigenvalue weighted by Crippen LogP contribution is -2.30. The molecule has 0 amide bonds. The molecular formula is C13H26N2. The zero-order valence-corrected chi connectivity index (χ0v) is 10.4. The number of nitrogens with two attached hydrogens (primary N) is 1. The molecule has 2 fully saturated rings. The summed E-state index contributed by atoms with van der Waals surface area (Å²) in [5.41, 5.74) is 6.51. The van der Waals surface area contributed by atoms with Crippen LogP contribution in [-0.4, -0.2) is 18.6 Å². The van der Waals surface area contributed by atoms with Crippen LogP contribution in [0.2, 0.25) is 0 Å². The summed E-state index contributed by atoms with van der Waals surface area (Å²) in [6, 6.07) is 1.24. The summed E-state index contributed by atoms with van der Waals surface area (Å²) in [5.74, 6) is 1.76. The third-order valence-electron chi connectivity index (χ3n) is 4.15. The minimum atomic E-state index is 0.473. The lowest BCUT2D eigenvalue weighted by molar-refractivity contribution is 0.305. The molecule has 2 aliphatic rings. The van der Waals surface area contributed by atoms with Gasteiger partial charge >= 0.3 is 0 Å². The van der Waals surface area contributed by atoms with Crippen molar-refractivity contribution in [2.24, 2.45) is 23.0 Å². The van der Waals surface area contributed by atoms with Crippen LogP contribution in [0, 0.1) is 17.3 Å². The summed E-state index contributed by atoms with van der Waals surface area (Å²) in [6.45, 7) is 8.21. The van der Waals surface area contributed by atoms with Gasteiger partial charge in [-0.15, -0.1) is 0 Å². The van der Waals surface area contributed by atoms with E-state index in [4.69, 9.17) is 5.73 Å². The standard InChI is InChI=1S/C13H26N2/c1-13(2,3)5-4-12-11-7-10(14)6-9(11)8-15-12/h9-12,15H,4-8,14H2,1-3H3. The van der Waals surface area contributed by atoms with Crippen molar-refractivity contribution in [2.75, 3.05) is 6.54 Å². The molecule has 0 aromatic heterocycles. The fourth-order valence-corrected chi connectivity index (χ4v) is 3.29. The fraction of sp³-hybridized carbons (Fsp3) is 1.00. The topological polar surface area (TPSA) is 38.0 Å². The average molecular weight is 210 g/mol. The van der Waals surface area contributed by atoms with E-state index < -0.39 is 0 Å².